The summed E-state index contributed by atoms with van der Waals surface area (Å²) in [5, 5.41) is 0.122. The summed E-state index contributed by atoms with van der Waals surface area (Å²) >= 11 is 5.60. The van der Waals surface area contributed by atoms with Gasteiger partial charge in [0.05, 0.1) is 5.75 Å². The second kappa shape index (κ2) is 4.97. The van der Waals surface area contributed by atoms with Crippen molar-refractivity contribution in [1.82, 2.24) is 9.55 Å². The Morgan fingerprint density at radius 1 is 1.50 bits per heavy atom. The van der Waals surface area contributed by atoms with E-state index in [1.807, 2.05) is 0 Å². The number of sulfone groups is 1. The number of aryl methyl sites for hydroxylation is 1. The molecule has 16 heavy (non-hydrogen) atoms. The summed E-state index contributed by atoms with van der Waals surface area (Å²) in [4.78, 5) is 15.4. The minimum Gasteiger partial charge on any atom is -0.296 e. The highest BCUT2D eigenvalue weighted by atomic mass is 35.5. The van der Waals surface area contributed by atoms with E-state index in [1.54, 1.807) is 13.8 Å². The van der Waals surface area contributed by atoms with Gasteiger partial charge in [0, 0.05) is 18.4 Å². The highest BCUT2D eigenvalue weighted by Crippen LogP contribution is 2.01. The van der Waals surface area contributed by atoms with E-state index in [9.17, 15) is 13.2 Å². The summed E-state index contributed by atoms with van der Waals surface area (Å²) in [6, 6.07) is 1.17. The molecule has 1 rings (SSSR count). The molecule has 0 spiro atoms. The molecule has 5 nitrogen and oxygen atoms in total. The average molecular weight is 265 g/mol. The van der Waals surface area contributed by atoms with Crippen LogP contribution in [0.2, 0.25) is 5.15 Å². The van der Waals surface area contributed by atoms with Crippen LogP contribution in [0.25, 0.3) is 0 Å². The molecule has 0 saturated carbocycles. The second-order valence-corrected chi connectivity index (χ2v) is 6.21. The van der Waals surface area contributed by atoms with Crippen molar-refractivity contribution >= 4 is 21.4 Å². The summed E-state index contributed by atoms with van der Waals surface area (Å²) in [6.07, 6.45) is 0. The number of hydrogen-bond acceptors (Lipinski definition) is 4. The maximum Gasteiger partial charge on any atom is 0.255 e. The number of hydrogen-bond donors (Lipinski definition) is 0. The number of halogens is 1. The smallest absolute Gasteiger partial charge is 0.255 e. The Morgan fingerprint density at radius 3 is 2.62 bits per heavy atom. The Labute approximate surface area is 99.0 Å². The first kappa shape index (κ1) is 13.2. The quantitative estimate of drug-likeness (QED) is 0.749. The lowest BCUT2D eigenvalue weighted by Gasteiger charge is -2.08. The molecule has 0 N–H and O–H groups in total. The molecule has 1 aromatic heterocycles. The third kappa shape index (κ3) is 3.31. The molecule has 0 aliphatic carbocycles. The summed E-state index contributed by atoms with van der Waals surface area (Å²) in [7, 11) is -3.08. The maximum absolute atomic E-state index is 11.5. The molecular formula is C9H13ClN2O3S. The van der Waals surface area contributed by atoms with Crippen LogP contribution in [0.1, 0.15) is 12.7 Å². The van der Waals surface area contributed by atoms with Crippen LogP contribution in [-0.2, 0) is 16.4 Å². The summed E-state index contributed by atoms with van der Waals surface area (Å²) in [5.41, 5.74) is -0.330. The molecule has 0 atom stereocenters. The average Bonchev–Trinajstić information content (AvgIpc) is 2.16. The Hall–Kier alpha value is -0.880. The second-order valence-electron chi connectivity index (χ2n) is 3.35. The van der Waals surface area contributed by atoms with E-state index in [1.165, 1.54) is 10.6 Å². The largest absolute Gasteiger partial charge is 0.296 e. The van der Waals surface area contributed by atoms with Gasteiger partial charge in [0.25, 0.3) is 5.56 Å². The van der Waals surface area contributed by atoms with E-state index in [2.05, 4.69) is 4.98 Å². The molecule has 90 valence electrons. The van der Waals surface area contributed by atoms with Crippen LogP contribution in [0, 0.1) is 6.92 Å². The fraction of sp³-hybridized carbons (Fsp3) is 0.556. The third-order valence-corrected chi connectivity index (χ3v) is 4.11. The highest BCUT2D eigenvalue weighted by molar-refractivity contribution is 7.91. The van der Waals surface area contributed by atoms with Gasteiger partial charge in [0.1, 0.15) is 11.0 Å². The van der Waals surface area contributed by atoms with Gasteiger partial charge in [-0.05, 0) is 6.92 Å². The normalized spacial score (nSPS) is 11.7. The van der Waals surface area contributed by atoms with Crippen molar-refractivity contribution in [1.29, 1.82) is 0 Å². The Morgan fingerprint density at radius 2 is 2.12 bits per heavy atom. The first-order chi connectivity index (χ1) is 7.35. The van der Waals surface area contributed by atoms with Gasteiger partial charge in [-0.2, -0.15) is 0 Å². The zero-order valence-electron chi connectivity index (χ0n) is 9.10. The fourth-order valence-corrected chi connectivity index (χ4v) is 2.20. The molecule has 7 heteroatoms. The van der Waals surface area contributed by atoms with Gasteiger partial charge in [0.2, 0.25) is 0 Å². The lowest BCUT2D eigenvalue weighted by molar-refractivity contribution is 0.585. The van der Waals surface area contributed by atoms with Crippen LogP contribution in [0.3, 0.4) is 0 Å². The minimum atomic E-state index is -3.08. The lowest BCUT2D eigenvalue weighted by Crippen LogP contribution is -2.26. The van der Waals surface area contributed by atoms with E-state index in [4.69, 9.17) is 11.6 Å². The molecule has 0 radical (unpaired) electrons. The van der Waals surface area contributed by atoms with E-state index in [-0.39, 0.29) is 28.8 Å². The van der Waals surface area contributed by atoms with Crippen molar-refractivity contribution in [3.63, 3.8) is 0 Å². The zero-order chi connectivity index (χ0) is 12.3. The van der Waals surface area contributed by atoms with Crippen LogP contribution in [-0.4, -0.2) is 29.5 Å². The molecule has 0 bridgehead atoms. The van der Waals surface area contributed by atoms with Gasteiger partial charge >= 0.3 is 0 Å². The monoisotopic (exact) mass is 264 g/mol. The van der Waals surface area contributed by atoms with Gasteiger partial charge < -0.3 is 0 Å². The van der Waals surface area contributed by atoms with E-state index < -0.39 is 9.84 Å². The van der Waals surface area contributed by atoms with E-state index in [0.29, 0.717) is 5.82 Å². The number of nitrogens with zero attached hydrogens (tertiary/aromatic N) is 2. The predicted octanol–water partition coefficient (Wildman–Crippen LogP) is 0.640. The van der Waals surface area contributed by atoms with E-state index in [0.717, 1.165) is 0 Å². The zero-order valence-corrected chi connectivity index (χ0v) is 10.7. The van der Waals surface area contributed by atoms with Crippen LogP contribution >= 0.6 is 11.6 Å². The van der Waals surface area contributed by atoms with Gasteiger partial charge in [-0.3, -0.25) is 9.36 Å². The van der Waals surface area contributed by atoms with Crippen LogP contribution < -0.4 is 5.56 Å². The van der Waals surface area contributed by atoms with Crippen LogP contribution in [0.4, 0.5) is 0 Å². The lowest BCUT2D eigenvalue weighted by atomic mass is 10.5. The standard InChI is InChI=1S/C9H13ClN2O3S/c1-3-16(14,15)5-4-12-7(2)11-8(10)6-9(12)13/h6H,3-5H2,1-2H3. The third-order valence-electron chi connectivity index (χ3n) is 2.23. The summed E-state index contributed by atoms with van der Waals surface area (Å²) in [6.45, 7) is 3.31. The van der Waals surface area contributed by atoms with Gasteiger partial charge in [-0.25, -0.2) is 13.4 Å². The van der Waals surface area contributed by atoms with Crippen molar-refractivity contribution < 1.29 is 8.42 Å². The molecule has 1 heterocycles. The van der Waals surface area contributed by atoms with Gasteiger partial charge in [0.15, 0.2) is 9.84 Å². The van der Waals surface area contributed by atoms with Crippen molar-refractivity contribution in [2.24, 2.45) is 0 Å². The van der Waals surface area contributed by atoms with Crippen molar-refractivity contribution in [3.8, 4) is 0 Å². The fourth-order valence-electron chi connectivity index (χ4n) is 1.23. The number of aromatic nitrogens is 2. The first-order valence-electron chi connectivity index (χ1n) is 4.80. The molecular weight excluding hydrogens is 252 g/mol. The van der Waals surface area contributed by atoms with Crippen LogP contribution in [0.15, 0.2) is 10.9 Å². The Balaban J connectivity index is 2.95. The SMILES string of the molecule is CCS(=O)(=O)CCn1c(C)nc(Cl)cc1=O. The molecule has 0 amide bonds. The van der Waals surface area contributed by atoms with Crippen molar-refractivity contribution in [3.05, 3.63) is 27.4 Å². The molecule has 0 saturated heterocycles. The Bertz CT molecular complexity index is 536. The van der Waals surface area contributed by atoms with Crippen molar-refractivity contribution in [2.75, 3.05) is 11.5 Å². The maximum atomic E-state index is 11.5. The summed E-state index contributed by atoms with van der Waals surface area (Å²) in [5.74, 6) is 0.429. The molecule has 0 unspecified atom stereocenters. The highest BCUT2D eigenvalue weighted by Gasteiger charge is 2.10. The molecule has 0 aromatic carbocycles. The number of rotatable bonds is 4. The summed E-state index contributed by atoms with van der Waals surface area (Å²) < 4.78 is 23.9. The molecule has 1 aromatic rings. The van der Waals surface area contributed by atoms with Gasteiger partial charge in [-0.1, -0.05) is 18.5 Å². The Kier molecular flexibility index (Phi) is 4.09. The first-order valence-corrected chi connectivity index (χ1v) is 7.00. The predicted molar refractivity (Wildman–Crippen MR) is 62.6 cm³/mol. The van der Waals surface area contributed by atoms with Crippen LogP contribution in [0.5, 0.6) is 0 Å². The molecule has 0 aliphatic heterocycles. The van der Waals surface area contributed by atoms with Gasteiger partial charge in [-0.15, -0.1) is 0 Å². The minimum absolute atomic E-state index is 0.0619. The van der Waals surface area contributed by atoms with E-state index >= 15 is 0 Å². The molecule has 0 aliphatic rings. The van der Waals surface area contributed by atoms with Crippen molar-refractivity contribution in [2.45, 2.75) is 20.4 Å². The molecule has 0 fully saturated rings. The topological polar surface area (TPSA) is 69.0 Å².